The Morgan fingerprint density at radius 2 is 1.90 bits per heavy atom. The van der Waals surface area contributed by atoms with Crippen LogP contribution in [0.25, 0.3) is 11.7 Å². The number of rotatable bonds is 7. The third kappa shape index (κ3) is 4.28. The molecule has 0 radical (unpaired) electrons. The van der Waals surface area contributed by atoms with Crippen molar-refractivity contribution in [1.82, 2.24) is 9.97 Å². The fourth-order valence-corrected chi connectivity index (χ4v) is 3.91. The summed E-state index contributed by atoms with van der Waals surface area (Å²) in [5, 5.41) is 9.69. The summed E-state index contributed by atoms with van der Waals surface area (Å²) in [6.45, 7) is 3.68. The number of aromatic amines is 1. The van der Waals surface area contributed by atoms with Gasteiger partial charge in [-0.1, -0.05) is 35.6 Å². The number of H-pyrrole nitrogens is 1. The summed E-state index contributed by atoms with van der Waals surface area (Å²) in [7, 11) is 0. The van der Waals surface area contributed by atoms with Gasteiger partial charge in [-0.2, -0.15) is 0 Å². The molecule has 0 aliphatic rings. The molecule has 0 aliphatic heterocycles. The number of Topliss-reactive ketones (excluding diaryl/α,β-unsaturated/α-hetero) is 1. The second-order valence-electron chi connectivity index (χ2n) is 7.02. The molecule has 1 aromatic carbocycles. The molecule has 2 N–H and O–H groups in total. The van der Waals surface area contributed by atoms with E-state index in [2.05, 4.69) is 9.97 Å². The maximum absolute atomic E-state index is 12.6. The lowest BCUT2D eigenvalue weighted by Gasteiger charge is -2.03. The average molecular weight is 424 g/mol. The smallest absolute Gasteiger partial charge is 0.307 e. The van der Waals surface area contributed by atoms with Crippen molar-refractivity contribution in [2.24, 2.45) is 0 Å². The number of thiazole rings is 1. The molecule has 4 rings (SSSR count). The molecule has 0 amide bonds. The van der Waals surface area contributed by atoms with Gasteiger partial charge in [-0.25, -0.2) is 4.98 Å². The SMILES string of the molecule is Cc1ccc(-c2nc(CCC(=O)c3ccc(Cc4sc(=O)[nH]c4O)cc3)c(C)o2)o1. The quantitative estimate of drug-likeness (QED) is 0.425. The summed E-state index contributed by atoms with van der Waals surface area (Å²) in [5.74, 6) is 2.35. The molecule has 0 bridgehead atoms. The topological polar surface area (TPSA) is 109 Å². The lowest BCUT2D eigenvalue weighted by Crippen LogP contribution is -2.02. The van der Waals surface area contributed by atoms with E-state index in [1.165, 1.54) is 0 Å². The Kier molecular flexibility index (Phi) is 5.41. The second kappa shape index (κ2) is 8.16. The highest BCUT2D eigenvalue weighted by Gasteiger charge is 2.16. The first-order chi connectivity index (χ1) is 14.4. The van der Waals surface area contributed by atoms with Crippen LogP contribution in [-0.4, -0.2) is 20.9 Å². The molecule has 0 spiro atoms. The molecule has 3 heterocycles. The minimum Gasteiger partial charge on any atom is -0.494 e. The van der Waals surface area contributed by atoms with Crippen LogP contribution >= 0.6 is 11.3 Å². The first kappa shape index (κ1) is 19.9. The number of oxazole rings is 1. The first-order valence-corrected chi connectivity index (χ1v) is 10.3. The molecule has 3 aromatic heterocycles. The maximum atomic E-state index is 12.6. The van der Waals surface area contributed by atoms with Gasteiger partial charge in [-0.15, -0.1) is 0 Å². The molecule has 0 aliphatic carbocycles. The van der Waals surface area contributed by atoms with Gasteiger partial charge in [0.05, 0.1) is 10.6 Å². The zero-order chi connectivity index (χ0) is 21.3. The van der Waals surface area contributed by atoms with Crippen molar-refractivity contribution in [2.45, 2.75) is 33.1 Å². The van der Waals surface area contributed by atoms with Crippen LogP contribution in [0.5, 0.6) is 5.88 Å². The zero-order valence-corrected chi connectivity index (χ0v) is 17.3. The van der Waals surface area contributed by atoms with Crippen LogP contribution < -0.4 is 4.87 Å². The normalized spacial score (nSPS) is 11.1. The van der Waals surface area contributed by atoms with Crippen LogP contribution in [0, 0.1) is 13.8 Å². The molecule has 8 heteroatoms. The number of benzene rings is 1. The number of carbonyl (C=O) groups is 1. The predicted octanol–water partition coefficient (Wildman–Crippen LogP) is 4.41. The van der Waals surface area contributed by atoms with Crippen LogP contribution in [0.1, 0.15) is 44.4 Å². The molecule has 0 unspecified atom stereocenters. The van der Waals surface area contributed by atoms with Crippen LogP contribution in [0.4, 0.5) is 0 Å². The highest BCUT2D eigenvalue weighted by molar-refractivity contribution is 7.09. The highest BCUT2D eigenvalue weighted by atomic mass is 32.1. The van der Waals surface area contributed by atoms with E-state index in [0.29, 0.717) is 47.1 Å². The van der Waals surface area contributed by atoms with Crippen molar-refractivity contribution in [3.05, 3.63) is 79.3 Å². The summed E-state index contributed by atoms with van der Waals surface area (Å²) in [4.78, 5) is 31.0. The second-order valence-corrected chi connectivity index (χ2v) is 8.08. The minimum atomic E-state index is -0.289. The van der Waals surface area contributed by atoms with E-state index in [1.54, 1.807) is 12.1 Å². The number of aryl methyl sites for hydroxylation is 3. The van der Waals surface area contributed by atoms with Gasteiger partial charge >= 0.3 is 4.87 Å². The van der Waals surface area contributed by atoms with Crippen LogP contribution in [0.15, 0.2) is 50.0 Å². The number of carbonyl (C=O) groups excluding carboxylic acids is 1. The van der Waals surface area contributed by atoms with E-state index in [0.717, 1.165) is 28.4 Å². The van der Waals surface area contributed by atoms with Gasteiger partial charge in [0.1, 0.15) is 11.5 Å². The molecular formula is C22H20N2O5S. The van der Waals surface area contributed by atoms with E-state index in [9.17, 15) is 14.7 Å². The third-order valence-electron chi connectivity index (χ3n) is 4.77. The van der Waals surface area contributed by atoms with Crippen molar-refractivity contribution >= 4 is 17.1 Å². The standard InChI is InChI=1S/C22H20N2O5S/c1-12-3-10-18(28-12)21-23-16(13(2)29-21)8-9-17(25)15-6-4-14(5-7-15)11-19-20(26)24-22(27)30-19/h3-7,10,26H,8-9,11H2,1-2H3,(H,24,27). The van der Waals surface area contributed by atoms with Crippen molar-refractivity contribution in [2.75, 3.05) is 0 Å². The molecule has 4 aromatic rings. The molecule has 0 saturated carbocycles. The maximum Gasteiger partial charge on any atom is 0.307 e. The van der Waals surface area contributed by atoms with Crippen molar-refractivity contribution < 1.29 is 18.7 Å². The van der Waals surface area contributed by atoms with E-state index >= 15 is 0 Å². The summed E-state index contributed by atoms with van der Waals surface area (Å²) >= 11 is 0.978. The minimum absolute atomic E-state index is 0.00786. The Labute approximate surface area is 176 Å². The fraction of sp³-hybridized carbons (Fsp3) is 0.227. The monoisotopic (exact) mass is 424 g/mol. The molecular weight excluding hydrogens is 404 g/mol. The fourth-order valence-electron chi connectivity index (χ4n) is 3.16. The van der Waals surface area contributed by atoms with E-state index in [1.807, 2.05) is 38.1 Å². The van der Waals surface area contributed by atoms with Crippen LogP contribution in [0.2, 0.25) is 0 Å². The Bertz CT molecular complexity index is 1240. The van der Waals surface area contributed by atoms with Gasteiger partial charge in [-0.05, 0) is 31.5 Å². The van der Waals surface area contributed by atoms with Gasteiger partial charge in [0.25, 0.3) is 5.89 Å². The molecule has 154 valence electrons. The summed E-state index contributed by atoms with van der Waals surface area (Å²) in [5.41, 5.74) is 2.25. The summed E-state index contributed by atoms with van der Waals surface area (Å²) in [6.07, 6.45) is 1.21. The number of hydrogen-bond donors (Lipinski definition) is 2. The van der Waals surface area contributed by atoms with Gasteiger partial charge in [0.2, 0.25) is 5.88 Å². The average Bonchev–Trinajstić information content (AvgIpc) is 3.39. The summed E-state index contributed by atoms with van der Waals surface area (Å²) < 4.78 is 11.2. The number of aromatic nitrogens is 2. The van der Waals surface area contributed by atoms with Gasteiger partial charge in [0.15, 0.2) is 11.5 Å². The first-order valence-electron chi connectivity index (χ1n) is 9.45. The Balaban J connectivity index is 1.39. The molecule has 30 heavy (non-hydrogen) atoms. The van der Waals surface area contributed by atoms with Crippen molar-refractivity contribution in [3.63, 3.8) is 0 Å². The van der Waals surface area contributed by atoms with Crippen LogP contribution in [-0.2, 0) is 12.8 Å². The lowest BCUT2D eigenvalue weighted by molar-refractivity contribution is 0.0982. The number of ketones is 1. The summed E-state index contributed by atoms with van der Waals surface area (Å²) in [6, 6.07) is 10.8. The van der Waals surface area contributed by atoms with Crippen LogP contribution in [0.3, 0.4) is 0 Å². The Hall–Kier alpha value is -3.39. The number of nitrogens with one attached hydrogen (secondary N) is 1. The van der Waals surface area contributed by atoms with Gasteiger partial charge in [0, 0.05) is 24.8 Å². The largest absolute Gasteiger partial charge is 0.494 e. The van der Waals surface area contributed by atoms with Gasteiger partial charge < -0.3 is 13.9 Å². The van der Waals surface area contributed by atoms with Gasteiger partial charge in [-0.3, -0.25) is 14.6 Å². The highest BCUT2D eigenvalue weighted by Crippen LogP contribution is 2.25. The number of furan rings is 1. The predicted molar refractivity (Wildman–Crippen MR) is 112 cm³/mol. The van der Waals surface area contributed by atoms with E-state index in [4.69, 9.17) is 8.83 Å². The number of aromatic hydroxyl groups is 1. The molecule has 0 fully saturated rings. The van der Waals surface area contributed by atoms with E-state index < -0.39 is 0 Å². The lowest BCUT2D eigenvalue weighted by atomic mass is 10.0. The van der Waals surface area contributed by atoms with Crippen molar-refractivity contribution in [1.29, 1.82) is 0 Å². The Morgan fingerprint density at radius 1 is 1.13 bits per heavy atom. The molecule has 0 atom stereocenters. The number of nitrogens with zero attached hydrogens (tertiary/aromatic N) is 1. The molecule has 7 nitrogen and oxygen atoms in total. The third-order valence-corrected chi connectivity index (χ3v) is 5.65. The molecule has 0 saturated heterocycles. The Morgan fingerprint density at radius 3 is 2.53 bits per heavy atom. The van der Waals surface area contributed by atoms with E-state index in [-0.39, 0.29) is 16.5 Å². The number of hydrogen-bond acceptors (Lipinski definition) is 7. The van der Waals surface area contributed by atoms with Crippen molar-refractivity contribution in [3.8, 4) is 17.5 Å². The zero-order valence-electron chi connectivity index (χ0n) is 16.5.